The van der Waals surface area contributed by atoms with Gasteiger partial charge in [-0.2, -0.15) is 0 Å². The first-order chi connectivity index (χ1) is 13.3. The van der Waals surface area contributed by atoms with Gasteiger partial charge in [0.25, 0.3) is 0 Å². The van der Waals surface area contributed by atoms with Gasteiger partial charge in [0.1, 0.15) is 11.8 Å². The zero-order valence-electron chi connectivity index (χ0n) is 16.5. The third-order valence-electron chi connectivity index (χ3n) is 6.25. The average molecular weight is 387 g/mol. The van der Waals surface area contributed by atoms with Crippen molar-refractivity contribution in [1.29, 1.82) is 0 Å². The second kappa shape index (κ2) is 8.33. The maximum Gasteiger partial charge on any atom is 0.326 e. The third kappa shape index (κ3) is 4.05. The minimum atomic E-state index is -1.08. The Labute approximate surface area is 165 Å². The van der Waals surface area contributed by atoms with Gasteiger partial charge in [0.2, 0.25) is 11.6 Å². The Balaban J connectivity index is 1.93. The highest BCUT2D eigenvalue weighted by atomic mass is 16.4. The van der Waals surface area contributed by atoms with Crippen LogP contribution in [0.5, 0.6) is 0 Å². The third-order valence-corrected chi connectivity index (χ3v) is 6.25. The van der Waals surface area contributed by atoms with Crippen molar-refractivity contribution in [1.82, 2.24) is 5.32 Å². The van der Waals surface area contributed by atoms with Crippen LogP contribution in [0.25, 0.3) is 0 Å². The van der Waals surface area contributed by atoms with E-state index < -0.39 is 23.6 Å². The maximum absolute atomic E-state index is 12.5. The van der Waals surface area contributed by atoms with Crippen LogP contribution in [-0.4, -0.2) is 33.8 Å². The Morgan fingerprint density at radius 3 is 2.54 bits per heavy atom. The van der Waals surface area contributed by atoms with Crippen molar-refractivity contribution in [3.8, 4) is 0 Å². The highest BCUT2D eigenvalue weighted by Gasteiger charge is 2.34. The number of ketones is 2. The molecule has 0 aliphatic heterocycles. The second-order valence-corrected chi connectivity index (χ2v) is 8.48. The molecule has 0 aromatic heterocycles. The van der Waals surface area contributed by atoms with E-state index in [9.17, 15) is 24.6 Å². The van der Waals surface area contributed by atoms with Crippen molar-refractivity contribution in [2.24, 2.45) is 17.8 Å². The number of carbonyl (C=O) groups excluding carboxylic acids is 2. The van der Waals surface area contributed by atoms with Gasteiger partial charge in [-0.05, 0) is 55.9 Å². The first-order valence-corrected chi connectivity index (χ1v) is 10.2. The van der Waals surface area contributed by atoms with Crippen LogP contribution in [0.15, 0.2) is 34.8 Å². The van der Waals surface area contributed by atoms with Crippen LogP contribution in [0.2, 0.25) is 0 Å². The number of rotatable bonds is 5. The first-order valence-electron chi connectivity index (χ1n) is 10.2. The Morgan fingerprint density at radius 2 is 1.86 bits per heavy atom. The Kier molecular flexibility index (Phi) is 6.06. The molecule has 0 spiro atoms. The summed E-state index contributed by atoms with van der Waals surface area (Å²) < 4.78 is 0. The number of aliphatic carboxylic acids is 1. The zero-order chi connectivity index (χ0) is 20.4. The zero-order valence-corrected chi connectivity index (χ0v) is 16.5. The normalized spacial score (nSPS) is 28.2. The second-order valence-electron chi connectivity index (χ2n) is 8.48. The van der Waals surface area contributed by atoms with Gasteiger partial charge >= 0.3 is 5.97 Å². The summed E-state index contributed by atoms with van der Waals surface area (Å²) in [6.07, 6.45) is 10.5. The van der Waals surface area contributed by atoms with Crippen molar-refractivity contribution in [2.75, 3.05) is 0 Å². The van der Waals surface area contributed by atoms with Crippen LogP contribution < -0.4 is 5.32 Å². The number of carbonyl (C=O) groups is 3. The van der Waals surface area contributed by atoms with E-state index in [-0.39, 0.29) is 22.9 Å². The van der Waals surface area contributed by atoms with Crippen LogP contribution in [0.4, 0.5) is 0 Å². The lowest BCUT2D eigenvalue weighted by molar-refractivity contribution is -0.140. The number of hydrogen-bond acceptors (Lipinski definition) is 5. The van der Waals surface area contributed by atoms with Gasteiger partial charge in [0.05, 0.1) is 11.3 Å². The lowest BCUT2D eigenvalue weighted by Crippen LogP contribution is -2.42. The number of allylic oxidation sites excluding steroid dienone is 4. The number of fused-ring (bicyclic) bond motifs is 1. The van der Waals surface area contributed by atoms with Crippen LogP contribution in [0, 0.1) is 17.8 Å². The molecule has 0 amide bonds. The van der Waals surface area contributed by atoms with Gasteiger partial charge < -0.3 is 15.5 Å². The molecular formula is C22H29NO5. The summed E-state index contributed by atoms with van der Waals surface area (Å²) >= 11 is 0. The predicted molar refractivity (Wildman–Crippen MR) is 105 cm³/mol. The summed E-state index contributed by atoms with van der Waals surface area (Å²) in [6.45, 7) is 3.47. The highest BCUT2D eigenvalue weighted by Crippen LogP contribution is 2.44. The molecule has 0 bridgehead atoms. The number of aliphatic hydroxyl groups is 1. The van der Waals surface area contributed by atoms with Crippen molar-refractivity contribution in [2.45, 2.75) is 64.8 Å². The lowest BCUT2D eigenvalue weighted by atomic mass is 9.68. The standard InChI is InChI=1S/C22H29NO5/c1-12(2)19(22(27)28)23-17-11-18(24)21(26)16(20(17)25)10-14-8-5-7-13-6-3-4-9-15(13)14/h10-13,15,19,23,25H,3-9H2,1-2H3,(H,27,28)/b14-10+/t13?,15?,19-/m0/s1. The molecule has 0 radical (unpaired) electrons. The quantitative estimate of drug-likeness (QED) is 0.493. The van der Waals surface area contributed by atoms with Crippen molar-refractivity contribution >= 4 is 17.5 Å². The maximum atomic E-state index is 12.5. The summed E-state index contributed by atoms with van der Waals surface area (Å²) in [7, 11) is 0. The molecule has 0 aromatic carbocycles. The molecule has 3 rings (SSSR count). The first kappa shape index (κ1) is 20.4. The lowest BCUT2D eigenvalue weighted by Gasteiger charge is -2.37. The highest BCUT2D eigenvalue weighted by molar-refractivity contribution is 6.49. The van der Waals surface area contributed by atoms with Crippen LogP contribution in [0.1, 0.15) is 58.8 Å². The van der Waals surface area contributed by atoms with E-state index >= 15 is 0 Å². The molecule has 3 N–H and O–H groups in total. The SMILES string of the molecule is CC(C)[C@H](NC1=CC(=O)C(=O)C(/C=C2\CCCC3CCCCC23)=C1O)C(=O)O. The van der Waals surface area contributed by atoms with Crippen molar-refractivity contribution in [3.05, 3.63) is 34.8 Å². The van der Waals surface area contributed by atoms with E-state index in [0.717, 1.165) is 37.3 Å². The molecule has 0 saturated heterocycles. The fraction of sp³-hybridized carbons (Fsp3) is 0.591. The summed E-state index contributed by atoms with van der Waals surface area (Å²) in [5.41, 5.74) is 1.14. The summed E-state index contributed by atoms with van der Waals surface area (Å²) in [5.74, 6) is -2.11. The van der Waals surface area contributed by atoms with E-state index in [0.29, 0.717) is 11.8 Å². The molecule has 2 unspecified atom stereocenters. The topological polar surface area (TPSA) is 104 Å². The number of carboxylic acid groups (broad SMARTS) is 1. The van der Waals surface area contributed by atoms with E-state index in [1.165, 1.54) is 19.3 Å². The molecule has 3 aliphatic rings. The summed E-state index contributed by atoms with van der Waals surface area (Å²) in [6, 6.07) is -0.972. The molecule has 2 saturated carbocycles. The molecule has 6 heteroatoms. The molecule has 2 fully saturated rings. The van der Waals surface area contributed by atoms with E-state index in [1.54, 1.807) is 19.9 Å². The Bertz CT molecular complexity index is 772. The van der Waals surface area contributed by atoms with Gasteiger partial charge in [-0.3, -0.25) is 9.59 Å². The monoisotopic (exact) mass is 387 g/mol. The predicted octanol–water partition coefficient (Wildman–Crippen LogP) is 3.45. The van der Waals surface area contributed by atoms with Gasteiger partial charge in [0.15, 0.2) is 0 Å². The molecule has 0 heterocycles. The average Bonchev–Trinajstić information content (AvgIpc) is 2.66. The summed E-state index contributed by atoms with van der Waals surface area (Å²) in [4.78, 5) is 36.2. The molecule has 6 nitrogen and oxygen atoms in total. The van der Waals surface area contributed by atoms with Gasteiger partial charge in [-0.1, -0.05) is 32.3 Å². The van der Waals surface area contributed by atoms with Crippen LogP contribution >= 0.6 is 0 Å². The molecule has 3 atom stereocenters. The number of Topliss-reactive ketones (excluding diaryl/α,β-unsaturated/α-hetero) is 1. The largest absolute Gasteiger partial charge is 0.505 e. The Hall–Kier alpha value is -2.37. The molecule has 0 aromatic rings. The molecule has 3 aliphatic carbocycles. The van der Waals surface area contributed by atoms with Crippen LogP contribution in [0.3, 0.4) is 0 Å². The number of nitrogens with one attached hydrogen (secondary N) is 1. The minimum Gasteiger partial charge on any atom is -0.505 e. The number of hydrogen-bond donors (Lipinski definition) is 3. The van der Waals surface area contributed by atoms with Gasteiger partial charge in [-0.15, -0.1) is 0 Å². The number of aliphatic hydroxyl groups excluding tert-OH is 1. The minimum absolute atomic E-state index is 0.00792. The van der Waals surface area contributed by atoms with Crippen molar-refractivity contribution in [3.63, 3.8) is 0 Å². The fourth-order valence-electron chi connectivity index (χ4n) is 4.74. The van der Waals surface area contributed by atoms with Gasteiger partial charge in [0, 0.05) is 6.08 Å². The summed E-state index contributed by atoms with van der Waals surface area (Å²) in [5, 5.41) is 22.8. The molecule has 152 valence electrons. The van der Waals surface area contributed by atoms with E-state index in [4.69, 9.17) is 0 Å². The molecular weight excluding hydrogens is 358 g/mol. The number of carboxylic acids is 1. The smallest absolute Gasteiger partial charge is 0.326 e. The fourth-order valence-corrected chi connectivity index (χ4v) is 4.74. The van der Waals surface area contributed by atoms with Gasteiger partial charge in [-0.25, -0.2) is 4.79 Å². The Morgan fingerprint density at radius 1 is 1.18 bits per heavy atom. The van der Waals surface area contributed by atoms with Crippen molar-refractivity contribution < 1.29 is 24.6 Å². The molecule has 28 heavy (non-hydrogen) atoms. The van der Waals surface area contributed by atoms with Crippen LogP contribution in [-0.2, 0) is 14.4 Å². The van der Waals surface area contributed by atoms with E-state index in [2.05, 4.69) is 5.32 Å². The van der Waals surface area contributed by atoms with E-state index in [1.807, 2.05) is 0 Å².